The number of ether oxygens (including phenoxy) is 1. The van der Waals surface area contributed by atoms with Gasteiger partial charge in [-0.1, -0.05) is 11.8 Å². The third-order valence-electron chi connectivity index (χ3n) is 1.80. The third kappa shape index (κ3) is 3.61. The van der Waals surface area contributed by atoms with Crippen molar-refractivity contribution in [1.29, 1.82) is 5.26 Å². The predicted molar refractivity (Wildman–Crippen MR) is 70.0 cm³/mol. The molecule has 0 aliphatic rings. The molecule has 0 aromatic heterocycles. The molecule has 0 amide bonds. The van der Waals surface area contributed by atoms with E-state index in [1.54, 1.807) is 12.4 Å². The summed E-state index contributed by atoms with van der Waals surface area (Å²) < 4.78 is 19.1. The Kier molecular flexibility index (Phi) is 5.25. The summed E-state index contributed by atoms with van der Waals surface area (Å²) in [7, 11) is 1.48. The topological polar surface area (TPSA) is 57.4 Å². The lowest BCUT2D eigenvalue weighted by molar-refractivity contribution is 0.411. The van der Waals surface area contributed by atoms with Crippen LogP contribution in [0.2, 0.25) is 0 Å². The molecule has 17 heavy (non-hydrogen) atoms. The first-order valence-corrected chi connectivity index (χ1v) is 6.45. The van der Waals surface area contributed by atoms with Crippen LogP contribution in [0, 0.1) is 17.3 Å². The quantitative estimate of drug-likeness (QED) is 0.394. The molecule has 0 atom stereocenters. The maximum absolute atomic E-state index is 13.6. The molecule has 0 saturated carbocycles. The number of amidine groups is 1. The Bertz CT molecular complexity index is 487. The lowest BCUT2D eigenvalue weighted by atomic mass is 10.3. The molecule has 0 heterocycles. The van der Waals surface area contributed by atoms with Gasteiger partial charge >= 0.3 is 0 Å². The Morgan fingerprint density at radius 1 is 1.65 bits per heavy atom. The zero-order valence-corrected chi connectivity index (χ0v) is 11.5. The first-order chi connectivity index (χ1) is 8.12. The van der Waals surface area contributed by atoms with Gasteiger partial charge in [-0.05, 0) is 28.3 Å². The summed E-state index contributed by atoms with van der Waals surface area (Å²) in [5, 5.41) is 11.2. The van der Waals surface area contributed by atoms with Crippen molar-refractivity contribution in [3.8, 4) is 11.9 Å². The summed E-state index contributed by atoms with van der Waals surface area (Å²) in [6.45, 7) is 0. The molecule has 0 unspecified atom stereocenters. The number of halogens is 2. The van der Waals surface area contributed by atoms with Gasteiger partial charge in [-0.15, -0.1) is 0 Å². The molecular weight excluding hydrogens is 309 g/mol. The molecule has 1 aromatic carbocycles. The summed E-state index contributed by atoms with van der Waals surface area (Å²) in [5.74, 6) is -0.0217. The maximum atomic E-state index is 13.6. The van der Waals surface area contributed by atoms with Crippen molar-refractivity contribution in [3.05, 3.63) is 22.4 Å². The number of nitrogens with zero attached hydrogens (tertiary/aromatic N) is 2. The van der Waals surface area contributed by atoms with E-state index in [4.69, 9.17) is 10.00 Å². The van der Waals surface area contributed by atoms with Crippen LogP contribution in [0.1, 0.15) is 0 Å². The van der Waals surface area contributed by atoms with Crippen LogP contribution in [-0.4, -0.2) is 18.5 Å². The fourth-order valence-electron chi connectivity index (χ4n) is 1.04. The van der Waals surface area contributed by atoms with Gasteiger partial charge in [-0.2, -0.15) is 5.26 Å². The van der Waals surface area contributed by atoms with E-state index in [9.17, 15) is 4.39 Å². The highest BCUT2D eigenvalue weighted by atomic mass is 79.9. The second-order valence-corrected chi connectivity index (χ2v) is 4.45. The monoisotopic (exact) mass is 317 g/mol. The van der Waals surface area contributed by atoms with Gasteiger partial charge in [-0.25, -0.2) is 9.38 Å². The van der Waals surface area contributed by atoms with Crippen molar-refractivity contribution >= 4 is 38.5 Å². The molecule has 1 N–H and O–H groups in total. The van der Waals surface area contributed by atoms with Crippen molar-refractivity contribution < 1.29 is 9.13 Å². The van der Waals surface area contributed by atoms with Gasteiger partial charge in [0, 0.05) is 6.07 Å². The van der Waals surface area contributed by atoms with Gasteiger partial charge in [0.1, 0.15) is 17.3 Å². The first-order valence-electron chi connectivity index (χ1n) is 4.43. The zero-order chi connectivity index (χ0) is 12.8. The number of methoxy groups -OCH3 is 1. The summed E-state index contributed by atoms with van der Waals surface area (Å²) in [6.07, 6.45) is 3.47. The predicted octanol–water partition coefficient (Wildman–Crippen LogP) is 3.02. The molecule has 0 radical (unpaired) electrons. The molecule has 0 bridgehead atoms. The SMILES string of the molecule is COc1cc(N=C(NC#N)SC)c(F)cc1Br. The highest BCUT2D eigenvalue weighted by molar-refractivity contribution is 9.10. The van der Waals surface area contributed by atoms with E-state index in [1.165, 1.54) is 31.0 Å². The molecule has 0 fully saturated rings. The molecular formula is C10H9BrFN3OS. The number of rotatable bonds is 2. The number of benzene rings is 1. The number of aliphatic imine (C=N–C) groups is 1. The van der Waals surface area contributed by atoms with Crippen LogP contribution in [0.15, 0.2) is 21.6 Å². The third-order valence-corrected chi connectivity index (χ3v) is 3.00. The summed E-state index contributed by atoms with van der Waals surface area (Å²) >= 11 is 4.38. The van der Waals surface area contributed by atoms with E-state index >= 15 is 0 Å². The van der Waals surface area contributed by atoms with Crippen molar-refractivity contribution in [3.63, 3.8) is 0 Å². The second kappa shape index (κ2) is 6.47. The summed E-state index contributed by atoms with van der Waals surface area (Å²) in [5.41, 5.74) is 0.108. The van der Waals surface area contributed by atoms with Crippen LogP contribution in [0.4, 0.5) is 10.1 Å². The van der Waals surface area contributed by atoms with Crippen LogP contribution in [0.3, 0.4) is 0 Å². The van der Waals surface area contributed by atoms with Crippen LogP contribution in [-0.2, 0) is 0 Å². The second-order valence-electron chi connectivity index (χ2n) is 2.80. The molecule has 7 heteroatoms. The van der Waals surface area contributed by atoms with E-state index in [0.29, 0.717) is 15.4 Å². The summed E-state index contributed by atoms with van der Waals surface area (Å²) in [6, 6.07) is 2.72. The lowest BCUT2D eigenvalue weighted by Crippen LogP contribution is -2.12. The Morgan fingerprint density at radius 2 is 2.35 bits per heavy atom. The van der Waals surface area contributed by atoms with Crippen molar-refractivity contribution in [2.45, 2.75) is 0 Å². The first kappa shape index (κ1) is 13.8. The van der Waals surface area contributed by atoms with E-state index < -0.39 is 5.82 Å². The van der Waals surface area contributed by atoms with Crippen molar-refractivity contribution in [1.82, 2.24) is 5.32 Å². The van der Waals surface area contributed by atoms with E-state index in [1.807, 2.05) is 0 Å². The normalized spacial score (nSPS) is 10.9. The zero-order valence-electron chi connectivity index (χ0n) is 9.12. The van der Waals surface area contributed by atoms with Gasteiger partial charge < -0.3 is 4.74 Å². The van der Waals surface area contributed by atoms with Crippen LogP contribution in [0.5, 0.6) is 5.75 Å². The molecule has 0 aliphatic heterocycles. The lowest BCUT2D eigenvalue weighted by Gasteiger charge is -2.06. The van der Waals surface area contributed by atoms with Crippen LogP contribution < -0.4 is 10.1 Å². The van der Waals surface area contributed by atoms with Gasteiger partial charge in [0.05, 0.1) is 11.6 Å². The Hall–Kier alpha value is -1.26. The van der Waals surface area contributed by atoms with Crippen molar-refractivity contribution in [2.75, 3.05) is 13.4 Å². The minimum absolute atomic E-state index is 0.108. The molecule has 0 aliphatic carbocycles. The summed E-state index contributed by atoms with van der Waals surface area (Å²) in [4.78, 5) is 3.99. The average molecular weight is 318 g/mol. The highest BCUT2D eigenvalue weighted by Gasteiger charge is 2.09. The Labute approximate surface area is 111 Å². The smallest absolute Gasteiger partial charge is 0.183 e. The number of nitriles is 1. The number of hydrogen-bond acceptors (Lipinski definition) is 4. The molecule has 0 saturated heterocycles. The van der Waals surface area contributed by atoms with Crippen LogP contribution >= 0.6 is 27.7 Å². The van der Waals surface area contributed by atoms with Crippen molar-refractivity contribution in [2.24, 2.45) is 4.99 Å². The standard InChI is InChI=1S/C10H9BrFN3OS/c1-16-9-4-8(7(12)3-6(9)11)15-10(17-2)14-5-13/h3-4H,1-2H3,(H,14,15). The fourth-order valence-corrected chi connectivity index (χ4v) is 1.86. The average Bonchev–Trinajstić information content (AvgIpc) is 2.31. The Morgan fingerprint density at radius 3 is 2.88 bits per heavy atom. The minimum atomic E-state index is -0.496. The minimum Gasteiger partial charge on any atom is -0.495 e. The largest absolute Gasteiger partial charge is 0.495 e. The molecule has 1 rings (SSSR count). The highest BCUT2D eigenvalue weighted by Crippen LogP contribution is 2.32. The molecule has 90 valence electrons. The van der Waals surface area contributed by atoms with Crippen LogP contribution in [0.25, 0.3) is 0 Å². The van der Waals surface area contributed by atoms with Gasteiger partial charge in [0.15, 0.2) is 11.4 Å². The number of hydrogen-bond donors (Lipinski definition) is 1. The van der Waals surface area contributed by atoms with Gasteiger partial charge in [0.2, 0.25) is 0 Å². The van der Waals surface area contributed by atoms with E-state index in [0.717, 1.165) is 0 Å². The van der Waals surface area contributed by atoms with Gasteiger partial charge in [0.25, 0.3) is 0 Å². The number of nitrogens with one attached hydrogen (secondary N) is 1. The Balaban J connectivity index is 3.18. The number of thioether (sulfide) groups is 1. The molecule has 0 spiro atoms. The maximum Gasteiger partial charge on any atom is 0.183 e. The van der Waals surface area contributed by atoms with E-state index in [2.05, 4.69) is 26.2 Å². The van der Waals surface area contributed by atoms with Gasteiger partial charge in [-0.3, -0.25) is 5.32 Å². The van der Waals surface area contributed by atoms with E-state index in [-0.39, 0.29) is 5.69 Å². The molecule has 4 nitrogen and oxygen atoms in total. The fraction of sp³-hybridized carbons (Fsp3) is 0.200. The molecule has 1 aromatic rings.